The van der Waals surface area contributed by atoms with Crippen LogP contribution >= 0.6 is 0 Å². The highest BCUT2D eigenvalue weighted by atomic mass is 16.3. The minimum Gasteiger partial charge on any atom is -0.455 e. The third kappa shape index (κ3) is 5.12. The molecule has 0 aliphatic rings. The van der Waals surface area contributed by atoms with Gasteiger partial charge in [0, 0.05) is 22.1 Å². The lowest BCUT2D eigenvalue weighted by Gasteiger charge is -2.27. The molecule has 0 aliphatic heterocycles. The number of rotatable bonds is 6. The summed E-state index contributed by atoms with van der Waals surface area (Å²) < 4.78 is 6.83. The molecule has 244 valence electrons. The van der Waals surface area contributed by atoms with Crippen molar-refractivity contribution < 1.29 is 4.42 Å². The standard InChI is InChI=1S/C50H33NO/c1-3-13-34(14-4-1)37-25-28-41(29-26-37)51(42-30-27-36-17-7-8-18-39(36)32-42)47-23-12-24-48-49(47)46-33-45(43-21-9-10-22-44(43)50(46)52-48)40-20-11-19-38(31-40)35-15-5-2-6-16-35/h1-33H. The molecule has 0 aliphatic carbocycles. The third-order valence-corrected chi connectivity index (χ3v) is 10.2. The van der Waals surface area contributed by atoms with Gasteiger partial charge in [-0.15, -0.1) is 0 Å². The molecule has 1 heterocycles. The predicted molar refractivity (Wildman–Crippen MR) is 220 cm³/mol. The first kappa shape index (κ1) is 30.0. The highest BCUT2D eigenvalue weighted by molar-refractivity contribution is 6.22. The number of benzene rings is 9. The van der Waals surface area contributed by atoms with Crippen molar-refractivity contribution in [1.82, 2.24) is 0 Å². The van der Waals surface area contributed by atoms with Gasteiger partial charge in [0.2, 0.25) is 0 Å². The topological polar surface area (TPSA) is 16.4 Å². The van der Waals surface area contributed by atoms with Crippen molar-refractivity contribution in [3.63, 3.8) is 0 Å². The zero-order valence-corrected chi connectivity index (χ0v) is 28.4. The number of nitrogens with zero attached hydrogens (tertiary/aromatic N) is 1. The van der Waals surface area contributed by atoms with Crippen molar-refractivity contribution in [1.29, 1.82) is 0 Å². The Balaban J connectivity index is 1.22. The Kier molecular flexibility index (Phi) is 7.18. The monoisotopic (exact) mass is 663 g/mol. The molecule has 0 spiro atoms. The van der Waals surface area contributed by atoms with E-state index in [1.54, 1.807) is 0 Å². The Labute approximate surface area is 302 Å². The smallest absolute Gasteiger partial charge is 0.143 e. The van der Waals surface area contributed by atoms with Crippen LogP contribution in [0.1, 0.15) is 0 Å². The van der Waals surface area contributed by atoms with Gasteiger partial charge < -0.3 is 9.32 Å². The fraction of sp³-hybridized carbons (Fsp3) is 0. The summed E-state index contributed by atoms with van der Waals surface area (Å²) in [5, 5.41) is 6.86. The lowest BCUT2D eigenvalue weighted by atomic mass is 9.93. The highest BCUT2D eigenvalue weighted by Crippen LogP contribution is 2.47. The fourth-order valence-electron chi connectivity index (χ4n) is 7.73. The molecule has 0 bridgehead atoms. The molecule has 2 nitrogen and oxygen atoms in total. The van der Waals surface area contributed by atoms with E-state index in [4.69, 9.17) is 4.42 Å². The fourth-order valence-corrected chi connectivity index (χ4v) is 7.73. The first-order valence-electron chi connectivity index (χ1n) is 17.8. The maximum atomic E-state index is 6.83. The van der Waals surface area contributed by atoms with Gasteiger partial charge in [0.25, 0.3) is 0 Å². The van der Waals surface area contributed by atoms with Crippen LogP contribution in [0.15, 0.2) is 205 Å². The molecule has 0 amide bonds. The van der Waals surface area contributed by atoms with Crippen LogP contribution in [0.3, 0.4) is 0 Å². The molecule has 1 aromatic heterocycles. The Bertz CT molecular complexity index is 2890. The summed E-state index contributed by atoms with van der Waals surface area (Å²) in [5.41, 5.74) is 12.1. The third-order valence-electron chi connectivity index (χ3n) is 10.2. The zero-order valence-electron chi connectivity index (χ0n) is 28.4. The first-order valence-corrected chi connectivity index (χ1v) is 17.8. The number of fused-ring (bicyclic) bond motifs is 6. The van der Waals surface area contributed by atoms with Crippen LogP contribution in [0.5, 0.6) is 0 Å². The van der Waals surface area contributed by atoms with Crippen molar-refractivity contribution in [2.45, 2.75) is 0 Å². The summed E-state index contributed by atoms with van der Waals surface area (Å²) in [4.78, 5) is 2.38. The molecular formula is C50H33NO. The van der Waals surface area contributed by atoms with Crippen LogP contribution in [0.4, 0.5) is 17.1 Å². The van der Waals surface area contributed by atoms with Gasteiger partial charge >= 0.3 is 0 Å². The second-order valence-electron chi connectivity index (χ2n) is 13.3. The van der Waals surface area contributed by atoms with Gasteiger partial charge in [0.15, 0.2) is 0 Å². The molecular weight excluding hydrogens is 631 g/mol. The summed E-state index contributed by atoms with van der Waals surface area (Å²) in [6, 6.07) is 71.6. The molecule has 9 aromatic carbocycles. The van der Waals surface area contributed by atoms with Crippen LogP contribution in [0.25, 0.3) is 76.9 Å². The second-order valence-corrected chi connectivity index (χ2v) is 13.3. The molecule has 0 unspecified atom stereocenters. The Morgan fingerprint density at radius 2 is 0.942 bits per heavy atom. The predicted octanol–water partition coefficient (Wildman–Crippen LogP) is 14.4. The lowest BCUT2D eigenvalue weighted by molar-refractivity contribution is 0.672. The van der Waals surface area contributed by atoms with E-state index < -0.39 is 0 Å². The first-order chi connectivity index (χ1) is 25.8. The number of anilines is 3. The normalized spacial score (nSPS) is 11.5. The molecule has 0 saturated heterocycles. The van der Waals surface area contributed by atoms with E-state index in [2.05, 4.69) is 205 Å². The van der Waals surface area contributed by atoms with E-state index in [1.165, 1.54) is 49.5 Å². The van der Waals surface area contributed by atoms with Crippen LogP contribution in [0, 0.1) is 0 Å². The molecule has 0 radical (unpaired) electrons. The van der Waals surface area contributed by atoms with Crippen molar-refractivity contribution in [3.05, 3.63) is 200 Å². The molecule has 0 fully saturated rings. The summed E-state index contributed by atoms with van der Waals surface area (Å²) in [6.45, 7) is 0. The molecule has 2 heteroatoms. The molecule has 10 aromatic rings. The summed E-state index contributed by atoms with van der Waals surface area (Å²) in [6.07, 6.45) is 0. The van der Waals surface area contributed by atoms with Gasteiger partial charge in [-0.1, -0.05) is 152 Å². The van der Waals surface area contributed by atoms with Gasteiger partial charge in [-0.05, 0) is 98.1 Å². The minimum absolute atomic E-state index is 0.861. The quantitative estimate of drug-likeness (QED) is 0.176. The summed E-state index contributed by atoms with van der Waals surface area (Å²) in [5.74, 6) is 0. The van der Waals surface area contributed by atoms with E-state index >= 15 is 0 Å². The summed E-state index contributed by atoms with van der Waals surface area (Å²) in [7, 11) is 0. The van der Waals surface area contributed by atoms with Crippen LogP contribution in [-0.4, -0.2) is 0 Å². The average molecular weight is 664 g/mol. The van der Waals surface area contributed by atoms with Gasteiger partial charge in [-0.25, -0.2) is 0 Å². The van der Waals surface area contributed by atoms with Crippen molar-refractivity contribution in [2.75, 3.05) is 4.90 Å². The number of furan rings is 1. The molecule has 0 atom stereocenters. The largest absolute Gasteiger partial charge is 0.455 e. The SMILES string of the molecule is c1ccc(-c2ccc(N(c3ccc4ccccc4c3)c3cccc4oc5c6ccccc6c(-c6cccc(-c7ccccc7)c6)cc5c34)cc2)cc1. The molecule has 10 rings (SSSR count). The van der Waals surface area contributed by atoms with Crippen molar-refractivity contribution in [3.8, 4) is 33.4 Å². The zero-order chi connectivity index (χ0) is 34.4. The van der Waals surface area contributed by atoms with Gasteiger partial charge in [-0.2, -0.15) is 0 Å². The maximum absolute atomic E-state index is 6.83. The lowest BCUT2D eigenvalue weighted by Crippen LogP contribution is -2.10. The van der Waals surface area contributed by atoms with E-state index in [0.29, 0.717) is 0 Å². The van der Waals surface area contributed by atoms with E-state index in [9.17, 15) is 0 Å². The van der Waals surface area contributed by atoms with E-state index in [-0.39, 0.29) is 0 Å². The van der Waals surface area contributed by atoms with Crippen LogP contribution in [0.2, 0.25) is 0 Å². The Morgan fingerprint density at radius 3 is 1.73 bits per heavy atom. The average Bonchev–Trinajstić information content (AvgIpc) is 3.61. The highest BCUT2D eigenvalue weighted by Gasteiger charge is 2.22. The van der Waals surface area contributed by atoms with Crippen molar-refractivity contribution in [2.24, 2.45) is 0 Å². The maximum Gasteiger partial charge on any atom is 0.143 e. The summed E-state index contributed by atoms with van der Waals surface area (Å²) >= 11 is 0. The van der Waals surface area contributed by atoms with Gasteiger partial charge in [0.1, 0.15) is 11.2 Å². The van der Waals surface area contributed by atoms with Gasteiger partial charge in [-0.3, -0.25) is 0 Å². The minimum atomic E-state index is 0.861. The van der Waals surface area contributed by atoms with E-state index in [0.717, 1.165) is 44.4 Å². The Hall–Kier alpha value is -6.90. The Morgan fingerprint density at radius 1 is 0.346 bits per heavy atom. The van der Waals surface area contributed by atoms with Crippen LogP contribution < -0.4 is 4.90 Å². The molecule has 0 N–H and O–H groups in total. The van der Waals surface area contributed by atoms with Gasteiger partial charge in [0.05, 0.1) is 11.1 Å². The molecule has 0 saturated carbocycles. The molecule has 52 heavy (non-hydrogen) atoms. The number of hydrogen-bond acceptors (Lipinski definition) is 2. The second kappa shape index (κ2) is 12.5. The van der Waals surface area contributed by atoms with E-state index in [1.807, 2.05) is 0 Å². The van der Waals surface area contributed by atoms with Crippen LogP contribution in [-0.2, 0) is 0 Å². The number of hydrogen-bond donors (Lipinski definition) is 0. The van der Waals surface area contributed by atoms with Crippen molar-refractivity contribution >= 4 is 60.5 Å².